The minimum atomic E-state index is -1.35. The second-order valence-electron chi connectivity index (χ2n) is 4.70. The Morgan fingerprint density at radius 1 is 1.33 bits per heavy atom. The maximum absolute atomic E-state index is 13.2. The van der Waals surface area contributed by atoms with Crippen LogP contribution >= 0.6 is 0 Å². The van der Waals surface area contributed by atoms with Crippen LogP contribution in [0.4, 0.5) is 4.39 Å². The number of carbonyl (C=O) groups is 2. The zero-order chi connectivity index (χ0) is 16.0. The van der Waals surface area contributed by atoms with Gasteiger partial charge in [0.2, 0.25) is 5.91 Å². The van der Waals surface area contributed by atoms with E-state index in [1.807, 2.05) is 0 Å². The largest absolute Gasteiger partial charge is 0.481 e. The summed E-state index contributed by atoms with van der Waals surface area (Å²) in [5.41, 5.74) is 0.266. The van der Waals surface area contributed by atoms with Crippen molar-refractivity contribution in [3.8, 4) is 0 Å². The van der Waals surface area contributed by atoms with Crippen molar-refractivity contribution < 1.29 is 29.3 Å². The second-order valence-corrected chi connectivity index (χ2v) is 4.70. The molecule has 0 spiro atoms. The fourth-order valence-electron chi connectivity index (χ4n) is 1.94. The Bertz CT molecular complexity index is 520. The van der Waals surface area contributed by atoms with Crippen molar-refractivity contribution in [2.24, 2.45) is 0 Å². The molecule has 4 N–H and O–H groups in total. The van der Waals surface area contributed by atoms with E-state index in [4.69, 9.17) is 5.11 Å². The Labute approximate surface area is 121 Å². The van der Waals surface area contributed by atoms with Crippen molar-refractivity contribution in [1.29, 1.82) is 0 Å². The first-order valence-electron chi connectivity index (χ1n) is 6.42. The van der Waals surface area contributed by atoms with Crippen molar-refractivity contribution in [3.05, 3.63) is 35.1 Å². The van der Waals surface area contributed by atoms with Crippen molar-refractivity contribution in [1.82, 2.24) is 5.32 Å². The van der Waals surface area contributed by atoms with Gasteiger partial charge in [-0.1, -0.05) is 6.07 Å². The van der Waals surface area contributed by atoms with E-state index in [1.165, 1.54) is 13.0 Å². The third-order valence-electron chi connectivity index (χ3n) is 2.94. The topological polar surface area (TPSA) is 107 Å². The van der Waals surface area contributed by atoms with Crippen LogP contribution in [0.1, 0.15) is 30.6 Å². The number of amides is 1. The van der Waals surface area contributed by atoms with E-state index in [2.05, 4.69) is 5.32 Å². The van der Waals surface area contributed by atoms with E-state index >= 15 is 0 Å². The molecule has 0 radical (unpaired) electrons. The highest BCUT2D eigenvalue weighted by atomic mass is 19.1. The number of aliphatic carboxylic acids is 1. The monoisotopic (exact) mass is 299 g/mol. The number of nitrogens with one attached hydrogen (secondary N) is 1. The average molecular weight is 299 g/mol. The van der Waals surface area contributed by atoms with Crippen LogP contribution in [0.2, 0.25) is 0 Å². The summed E-state index contributed by atoms with van der Waals surface area (Å²) in [6, 6.07) is 3.36. The fraction of sp³-hybridized carbons (Fsp3) is 0.429. The highest BCUT2D eigenvalue weighted by Crippen LogP contribution is 2.24. The van der Waals surface area contributed by atoms with Crippen LogP contribution in [0.25, 0.3) is 0 Å². The molecule has 0 aliphatic rings. The van der Waals surface area contributed by atoms with Gasteiger partial charge in [0.25, 0.3) is 0 Å². The lowest BCUT2D eigenvalue weighted by Crippen LogP contribution is -2.28. The van der Waals surface area contributed by atoms with Gasteiger partial charge in [0.15, 0.2) is 0 Å². The quantitative estimate of drug-likeness (QED) is 0.582. The van der Waals surface area contributed by atoms with Crippen molar-refractivity contribution >= 4 is 11.9 Å². The normalized spacial score (nSPS) is 13.5. The van der Waals surface area contributed by atoms with Gasteiger partial charge in [-0.15, -0.1) is 0 Å². The summed E-state index contributed by atoms with van der Waals surface area (Å²) in [7, 11) is 0. The van der Waals surface area contributed by atoms with Crippen molar-refractivity contribution in [3.63, 3.8) is 0 Å². The number of carboxylic acids is 1. The Morgan fingerprint density at radius 2 is 2.00 bits per heavy atom. The predicted octanol–water partition coefficient (Wildman–Crippen LogP) is 0.373. The molecular formula is C14H18FNO5. The van der Waals surface area contributed by atoms with Crippen LogP contribution in [-0.4, -0.2) is 39.8 Å². The molecule has 0 aromatic heterocycles. The Kier molecular flexibility index (Phi) is 6.26. The molecule has 1 aromatic carbocycles. The lowest BCUT2D eigenvalue weighted by molar-refractivity contribution is -0.136. The van der Waals surface area contributed by atoms with Gasteiger partial charge < -0.3 is 20.6 Å². The van der Waals surface area contributed by atoms with E-state index in [0.717, 1.165) is 12.1 Å². The molecule has 1 amide bonds. The lowest BCUT2D eigenvalue weighted by atomic mass is 9.95. The molecule has 0 bridgehead atoms. The van der Waals surface area contributed by atoms with Gasteiger partial charge in [0.05, 0.1) is 12.5 Å². The number of halogens is 1. The van der Waals surface area contributed by atoms with Gasteiger partial charge >= 0.3 is 5.97 Å². The third-order valence-corrected chi connectivity index (χ3v) is 2.94. The number of carboxylic acid groups (broad SMARTS) is 1. The fourth-order valence-corrected chi connectivity index (χ4v) is 1.94. The van der Waals surface area contributed by atoms with E-state index in [-0.39, 0.29) is 30.0 Å². The van der Waals surface area contributed by atoms with E-state index < -0.39 is 30.4 Å². The summed E-state index contributed by atoms with van der Waals surface area (Å²) in [6.07, 6.45) is -2.92. The molecule has 2 atom stereocenters. The minimum Gasteiger partial charge on any atom is -0.481 e. The first kappa shape index (κ1) is 17.1. The maximum Gasteiger partial charge on any atom is 0.307 e. The van der Waals surface area contributed by atoms with E-state index in [0.29, 0.717) is 0 Å². The van der Waals surface area contributed by atoms with E-state index in [9.17, 15) is 24.2 Å². The highest BCUT2D eigenvalue weighted by Gasteiger charge is 2.22. The molecule has 1 rings (SSSR count). The molecule has 0 aliphatic heterocycles. The van der Waals surface area contributed by atoms with Gasteiger partial charge in [0.1, 0.15) is 11.9 Å². The summed E-state index contributed by atoms with van der Waals surface area (Å²) >= 11 is 0. The van der Waals surface area contributed by atoms with E-state index in [1.54, 1.807) is 0 Å². The standard InChI is InChI=1S/C14H18FNO5/c1-8(17)16-5-4-12(18)14(21)11-3-2-10(15)6-9(11)7-13(19)20/h2-3,6,12,14,18,21H,4-5,7H2,1H3,(H,16,17)(H,19,20). The SMILES string of the molecule is CC(=O)NCCC(O)C(O)c1ccc(F)cc1CC(=O)O. The summed E-state index contributed by atoms with van der Waals surface area (Å²) in [5.74, 6) is -2.04. The number of carbonyl (C=O) groups excluding carboxylic acids is 1. The predicted molar refractivity (Wildman–Crippen MR) is 72.0 cm³/mol. The molecule has 1 aromatic rings. The molecule has 6 nitrogen and oxygen atoms in total. The molecule has 0 heterocycles. The van der Waals surface area contributed by atoms with Crippen LogP contribution in [-0.2, 0) is 16.0 Å². The Hall–Kier alpha value is -1.99. The molecule has 116 valence electrons. The van der Waals surface area contributed by atoms with Crippen molar-refractivity contribution in [2.75, 3.05) is 6.54 Å². The first-order chi connectivity index (χ1) is 9.81. The summed E-state index contributed by atoms with van der Waals surface area (Å²) < 4.78 is 13.2. The number of hydrogen-bond acceptors (Lipinski definition) is 4. The van der Waals surface area contributed by atoms with Crippen LogP contribution < -0.4 is 5.32 Å². The van der Waals surface area contributed by atoms with Crippen LogP contribution in [0.15, 0.2) is 18.2 Å². The minimum absolute atomic E-state index is 0.0879. The van der Waals surface area contributed by atoms with Gasteiger partial charge in [-0.05, 0) is 29.7 Å². The van der Waals surface area contributed by atoms with Gasteiger partial charge in [-0.25, -0.2) is 4.39 Å². The number of aliphatic hydroxyl groups excluding tert-OH is 2. The number of rotatable bonds is 7. The molecule has 0 fully saturated rings. The third kappa shape index (κ3) is 5.49. The average Bonchev–Trinajstić information content (AvgIpc) is 2.36. The first-order valence-corrected chi connectivity index (χ1v) is 6.42. The lowest BCUT2D eigenvalue weighted by Gasteiger charge is -2.20. The number of aliphatic hydroxyl groups is 2. The van der Waals surface area contributed by atoms with Crippen LogP contribution in [0, 0.1) is 5.82 Å². The smallest absolute Gasteiger partial charge is 0.307 e. The van der Waals surface area contributed by atoms with Gasteiger partial charge in [-0.2, -0.15) is 0 Å². The molecule has 21 heavy (non-hydrogen) atoms. The zero-order valence-electron chi connectivity index (χ0n) is 11.5. The van der Waals surface area contributed by atoms with Crippen molar-refractivity contribution in [2.45, 2.75) is 32.0 Å². The summed E-state index contributed by atoms with van der Waals surface area (Å²) in [4.78, 5) is 21.5. The van der Waals surface area contributed by atoms with Gasteiger partial charge in [-0.3, -0.25) is 9.59 Å². The molecule has 7 heteroatoms. The highest BCUT2D eigenvalue weighted by molar-refractivity contribution is 5.72. The molecule has 0 saturated carbocycles. The Balaban J connectivity index is 2.82. The number of benzene rings is 1. The molecule has 0 saturated heterocycles. The van der Waals surface area contributed by atoms with Gasteiger partial charge in [0, 0.05) is 13.5 Å². The molecule has 2 unspecified atom stereocenters. The zero-order valence-corrected chi connectivity index (χ0v) is 11.5. The van der Waals surface area contributed by atoms with Crippen LogP contribution in [0.3, 0.4) is 0 Å². The number of hydrogen-bond donors (Lipinski definition) is 4. The maximum atomic E-state index is 13.2. The second kappa shape index (κ2) is 7.70. The summed E-state index contributed by atoms with van der Waals surface area (Å²) in [5, 5.41) is 31.2. The van der Waals surface area contributed by atoms with Crippen LogP contribution in [0.5, 0.6) is 0 Å². The Morgan fingerprint density at radius 3 is 2.57 bits per heavy atom. The molecular weight excluding hydrogens is 281 g/mol. The summed E-state index contributed by atoms with van der Waals surface area (Å²) in [6.45, 7) is 1.50. The molecule has 0 aliphatic carbocycles.